The van der Waals surface area contributed by atoms with Gasteiger partial charge in [0.05, 0.1) is 23.2 Å². The lowest BCUT2D eigenvalue weighted by Gasteiger charge is -2.09. The molecule has 1 aromatic carbocycles. The molecule has 1 aliphatic rings. The first-order chi connectivity index (χ1) is 12.0. The third kappa shape index (κ3) is 4.03. The zero-order chi connectivity index (χ0) is 17.9. The molecule has 1 aliphatic heterocycles. The molecule has 8 heteroatoms. The highest BCUT2D eigenvalue weighted by Crippen LogP contribution is 2.22. The number of amides is 1. The van der Waals surface area contributed by atoms with Crippen LogP contribution in [0.4, 0.5) is 5.69 Å². The summed E-state index contributed by atoms with van der Waals surface area (Å²) in [6, 6.07) is 9.01. The number of ether oxygens (including phenoxy) is 1. The number of anilines is 1. The molecule has 1 amide bonds. The van der Waals surface area contributed by atoms with Crippen LogP contribution >= 0.6 is 0 Å². The van der Waals surface area contributed by atoms with Crippen molar-refractivity contribution in [1.82, 2.24) is 4.98 Å². The Kier molecular flexibility index (Phi) is 4.80. The second-order valence-corrected chi connectivity index (χ2v) is 7.68. The Morgan fingerprint density at radius 3 is 2.44 bits per heavy atom. The number of carbonyl (C=O) groups excluding carboxylic acids is 2. The van der Waals surface area contributed by atoms with Crippen molar-refractivity contribution in [2.45, 2.75) is 11.3 Å². The smallest absolute Gasteiger partial charge is 0.310 e. The van der Waals surface area contributed by atoms with Gasteiger partial charge in [0.2, 0.25) is 0 Å². The molecule has 1 fully saturated rings. The number of hydrogen-bond acceptors (Lipinski definition) is 6. The van der Waals surface area contributed by atoms with Gasteiger partial charge in [0, 0.05) is 23.6 Å². The maximum atomic E-state index is 12.4. The van der Waals surface area contributed by atoms with Gasteiger partial charge >= 0.3 is 5.97 Å². The van der Waals surface area contributed by atoms with Crippen LogP contribution in [-0.2, 0) is 19.4 Å². The molecular weight excluding hydrogens is 344 g/mol. The quantitative estimate of drug-likeness (QED) is 0.814. The van der Waals surface area contributed by atoms with E-state index in [1.54, 1.807) is 12.1 Å². The number of cyclic esters (lactones) is 1. The lowest BCUT2D eigenvalue weighted by molar-refractivity contribution is -0.140. The molecule has 0 spiro atoms. The first-order valence-corrected chi connectivity index (χ1v) is 9.32. The number of aromatic nitrogens is 1. The van der Waals surface area contributed by atoms with Crippen molar-refractivity contribution in [3.05, 3.63) is 54.4 Å². The topological polar surface area (TPSA) is 102 Å². The zero-order valence-electron chi connectivity index (χ0n) is 13.2. The van der Waals surface area contributed by atoms with Gasteiger partial charge in [0.15, 0.2) is 9.84 Å². The Hall–Kier alpha value is -2.74. The maximum absolute atomic E-state index is 12.4. The van der Waals surface area contributed by atoms with E-state index < -0.39 is 21.7 Å². The van der Waals surface area contributed by atoms with Crippen LogP contribution in [0.1, 0.15) is 16.8 Å². The molecule has 1 unspecified atom stereocenters. The van der Waals surface area contributed by atoms with Crippen molar-refractivity contribution >= 4 is 27.4 Å². The first kappa shape index (κ1) is 17.1. The Morgan fingerprint density at radius 2 is 1.84 bits per heavy atom. The lowest BCUT2D eigenvalue weighted by Crippen LogP contribution is -2.20. The highest BCUT2D eigenvalue weighted by atomic mass is 32.2. The average Bonchev–Trinajstić information content (AvgIpc) is 3.00. The largest absolute Gasteiger partial charge is 0.465 e. The number of hydrogen-bond donors (Lipinski definition) is 1. The second kappa shape index (κ2) is 7.02. The minimum absolute atomic E-state index is 0.106. The van der Waals surface area contributed by atoms with E-state index >= 15 is 0 Å². The molecule has 1 atom stereocenters. The maximum Gasteiger partial charge on any atom is 0.310 e. The molecule has 1 aromatic heterocycles. The Labute approximate surface area is 145 Å². The summed E-state index contributed by atoms with van der Waals surface area (Å²) in [5.41, 5.74) is 0.924. The van der Waals surface area contributed by atoms with Gasteiger partial charge in [-0.1, -0.05) is 0 Å². The van der Waals surface area contributed by atoms with Gasteiger partial charge in [-0.3, -0.25) is 14.6 Å². The van der Waals surface area contributed by atoms with E-state index in [0.29, 0.717) is 17.7 Å². The molecule has 130 valence electrons. The van der Waals surface area contributed by atoms with Gasteiger partial charge in [-0.05, 0) is 42.8 Å². The number of pyridine rings is 1. The summed E-state index contributed by atoms with van der Waals surface area (Å²) in [5, 5.41) is 2.68. The summed E-state index contributed by atoms with van der Waals surface area (Å²) < 4.78 is 29.6. The van der Waals surface area contributed by atoms with Crippen LogP contribution in [-0.4, -0.2) is 37.6 Å². The molecule has 2 heterocycles. The van der Waals surface area contributed by atoms with Gasteiger partial charge < -0.3 is 10.1 Å². The minimum atomic E-state index is -3.60. The fraction of sp³-hybridized carbons (Fsp3) is 0.235. The molecular formula is C17H16N2O5S. The van der Waals surface area contributed by atoms with E-state index in [4.69, 9.17) is 4.74 Å². The van der Waals surface area contributed by atoms with Crippen molar-refractivity contribution in [2.75, 3.05) is 17.7 Å². The molecule has 0 saturated carbocycles. The number of rotatable bonds is 5. The molecule has 0 radical (unpaired) electrons. The second-order valence-electron chi connectivity index (χ2n) is 5.65. The van der Waals surface area contributed by atoms with E-state index in [2.05, 4.69) is 10.3 Å². The summed E-state index contributed by atoms with van der Waals surface area (Å²) in [6.45, 7) is 0.263. The number of esters is 1. The highest BCUT2D eigenvalue weighted by Gasteiger charge is 2.32. The van der Waals surface area contributed by atoms with Crippen molar-refractivity contribution in [3.63, 3.8) is 0 Å². The van der Waals surface area contributed by atoms with Gasteiger partial charge in [0.1, 0.15) is 0 Å². The molecule has 1 N–H and O–H groups in total. The van der Waals surface area contributed by atoms with Crippen molar-refractivity contribution in [1.29, 1.82) is 0 Å². The molecule has 25 heavy (non-hydrogen) atoms. The average molecular weight is 360 g/mol. The third-order valence-electron chi connectivity index (χ3n) is 3.88. The van der Waals surface area contributed by atoms with Crippen LogP contribution in [0.25, 0.3) is 0 Å². The van der Waals surface area contributed by atoms with E-state index in [-0.39, 0.29) is 23.2 Å². The van der Waals surface area contributed by atoms with Crippen LogP contribution in [0, 0.1) is 5.92 Å². The van der Waals surface area contributed by atoms with Gasteiger partial charge in [0.25, 0.3) is 5.91 Å². The van der Waals surface area contributed by atoms with Crippen LogP contribution in [0.3, 0.4) is 0 Å². The minimum Gasteiger partial charge on any atom is -0.465 e. The molecule has 0 aliphatic carbocycles. The van der Waals surface area contributed by atoms with Gasteiger partial charge in [-0.15, -0.1) is 0 Å². The fourth-order valence-electron chi connectivity index (χ4n) is 2.50. The molecule has 2 aromatic rings. The summed E-state index contributed by atoms with van der Waals surface area (Å²) in [7, 11) is -3.60. The molecule has 1 saturated heterocycles. The Balaban J connectivity index is 1.69. The van der Waals surface area contributed by atoms with E-state index in [9.17, 15) is 18.0 Å². The van der Waals surface area contributed by atoms with Crippen molar-refractivity contribution in [2.24, 2.45) is 5.92 Å². The van der Waals surface area contributed by atoms with Crippen LogP contribution in [0.15, 0.2) is 53.7 Å². The zero-order valence-corrected chi connectivity index (χ0v) is 14.0. The van der Waals surface area contributed by atoms with E-state index in [0.717, 1.165) is 0 Å². The van der Waals surface area contributed by atoms with Gasteiger partial charge in [-0.2, -0.15) is 0 Å². The predicted molar refractivity (Wildman–Crippen MR) is 89.8 cm³/mol. The number of carbonyl (C=O) groups is 2. The first-order valence-electron chi connectivity index (χ1n) is 7.66. The van der Waals surface area contributed by atoms with Gasteiger partial charge in [-0.25, -0.2) is 8.42 Å². The number of benzene rings is 1. The molecule has 0 bridgehead atoms. The fourth-order valence-corrected chi connectivity index (χ4v) is 4.08. The Morgan fingerprint density at radius 1 is 1.16 bits per heavy atom. The molecule has 7 nitrogen and oxygen atoms in total. The highest BCUT2D eigenvalue weighted by molar-refractivity contribution is 7.91. The van der Waals surface area contributed by atoms with Crippen molar-refractivity contribution < 1.29 is 22.7 Å². The summed E-state index contributed by atoms with van der Waals surface area (Å²) in [4.78, 5) is 27.5. The van der Waals surface area contributed by atoms with Crippen LogP contribution < -0.4 is 5.32 Å². The summed E-state index contributed by atoms with van der Waals surface area (Å²) >= 11 is 0. The Bertz CT molecular complexity index is 879. The molecule has 3 rings (SSSR count). The van der Waals surface area contributed by atoms with E-state index in [1.807, 2.05) is 0 Å². The summed E-state index contributed by atoms with van der Waals surface area (Å²) in [5.74, 6) is -1.67. The van der Waals surface area contributed by atoms with Crippen molar-refractivity contribution in [3.8, 4) is 0 Å². The number of nitrogens with one attached hydrogen (secondary N) is 1. The van der Waals surface area contributed by atoms with Crippen LogP contribution in [0.5, 0.6) is 0 Å². The summed E-state index contributed by atoms with van der Waals surface area (Å²) in [6.07, 6.45) is 3.44. The lowest BCUT2D eigenvalue weighted by atomic mass is 10.1. The standard InChI is InChI=1S/C17H16N2O5S/c20-16(12-5-8-18-9-6-12)19-14-1-3-15(4-2-14)25(22,23)11-13-7-10-24-17(13)21/h1-6,8-9,13H,7,10-11H2,(H,19,20). The van der Waals surface area contributed by atoms with E-state index in [1.165, 1.54) is 36.7 Å². The monoisotopic (exact) mass is 360 g/mol. The predicted octanol–water partition coefficient (Wildman–Crippen LogP) is 1.67. The normalized spacial score (nSPS) is 17.1. The number of sulfone groups is 1. The third-order valence-corrected chi connectivity index (χ3v) is 5.71. The number of nitrogens with zero attached hydrogens (tertiary/aromatic N) is 1. The SMILES string of the molecule is O=C(Nc1ccc(S(=O)(=O)CC2CCOC2=O)cc1)c1ccncc1. The van der Waals surface area contributed by atoms with Crippen LogP contribution in [0.2, 0.25) is 0 Å².